The first-order chi connectivity index (χ1) is 11.1. The topological polar surface area (TPSA) is 32.7 Å². The molecule has 0 saturated carbocycles. The van der Waals surface area contributed by atoms with E-state index in [4.69, 9.17) is 0 Å². The monoisotopic (exact) mass is 338 g/mol. The normalized spacial score (nSPS) is 19.9. The van der Waals surface area contributed by atoms with E-state index in [9.17, 15) is 4.79 Å². The third-order valence-corrected chi connectivity index (χ3v) is 4.91. The first-order valence-electron chi connectivity index (χ1n) is 9.57. The SMILES string of the molecule is CC/C(=N\C(=O)N1CCCCCCCCCCCCC1)C(C)=P. The van der Waals surface area contributed by atoms with Crippen molar-refractivity contribution < 1.29 is 4.79 Å². The number of hydrogen-bond donors (Lipinski definition) is 0. The highest BCUT2D eigenvalue weighted by atomic mass is 31.0. The van der Waals surface area contributed by atoms with E-state index in [-0.39, 0.29) is 6.03 Å². The molecule has 1 aliphatic heterocycles. The fraction of sp³-hybridized carbons (Fsp3) is 0.842. The molecule has 1 heterocycles. The van der Waals surface area contributed by atoms with Gasteiger partial charge in [-0.25, -0.2) is 4.79 Å². The number of aliphatic imine (C=N–C) groups is 1. The van der Waals surface area contributed by atoms with Gasteiger partial charge in [-0.2, -0.15) is 4.99 Å². The van der Waals surface area contributed by atoms with E-state index in [1.54, 1.807) is 0 Å². The molecule has 1 saturated heterocycles. The molecule has 0 unspecified atom stereocenters. The minimum Gasteiger partial charge on any atom is -0.323 e. The average molecular weight is 338 g/mol. The summed E-state index contributed by atoms with van der Waals surface area (Å²) in [7, 11) is 3.51. The number of rotatable bonds is 2. The van der Waals surface area contributed by atoms with Crippen molar-refractivity contribution in [3.63, 3.8) is 0 Å². The molecular formula is C19H35N2OP. The quantitative estimate of drug-likeness (QED) is 0.456. The van der Waals surface area contributed by atoms with Gasteiger partial charge in [0.15, 0.2) is 0 Å². The molecule has 0 N–H and O–H groups in total. The molecule has 0 aromatic heterocycles. The molecule has 0 aromatic carbocycles. The number of carbonyl (C=O) groups is 1. The van der Waals surface area contributed by atoms with Crippen molar-refractivity contribution in [1.29, 1.82) is 0 Å². The van der Waals surface area contributed by atoms with Crippen LogP contribution in [0.1, 0.15) is 90.9 Å². The van der Waals surface area contributed by atoms with Crippen molar-refractivity contribution in [3.05, 3.63) is 0 Å². The lowest BCUT2D eigenvalue weighted by Gasteiger charge is -2.21. The van der Waals surface area contributed by atoms with Crippen LogP contribution in [0.2, 0.25) is 0 Å². The molecule has 0 radical (unpaired) electrons. The zero-order chi connectivity index (χ0) is 16.9. The molecule has 1 aliphatic rings. The average Bonchev–Trinajstić information content (AvgIpc) is 2.54. The van der Waals surface area contributed by atoms with Crippen molar-refractivity contribution in [2.75, 3.05) is 13.1 Å². The van der Waals surface area contributed by atoms with E-state index in [0.717, 1.165) is 43.4 Å². The third kappa shape index (κ3) is 9.25. The summed E-state index contributed by atoms with van der Waals surface area (Å²) in [4.78, 5) is 18.8. The summed E-state index contributed by atoms with van der Waals surface area (Å²) in [5.41, 5.74) is 0.867. The first-order valence-corrected chi connectivity index (χ1v) is 10.1. The Labute approximate surface area is 145 Å². The minimum atomic E-state index is -0.0495. The molecule has 0 atom stereocenters. The number of nitrogens with zero attached hydrogens (tertiary/aromatic N) is 2. The van der Waals surface area contributed by atoms with Gasteiger partial charge in [-0.15, -0.1) is 8.86 Å². The van der Waals surface area contributed by atoms with Gasteiger partial charge in [0.25, 0.3) is 0 Å². The second-order valence-electron chi connectivity index (χ2n) is 6.70. The summed E-state index contributed by atoms with van der Waals surface area (Å²) >= 11 is 0. The van der Waals surface area contributed by atoms with E-state index < -0.39 is 0 Å². The van der Waals surface area contributed by atoms with Gasteiger partial charge in [-0.05, 0) is 31.5 Å². The highest BCUT2D eigenvalue weighted by Crippen LogP contribution is 2.14. The van der Waals surface area contributed by atoms with Crippen molar-refractivity contribution in [3.8, 4) is 0 Å². The number of amides is 2. The Balaban J connectivity index is 2.59. The number of hydrogen-bond acceptors (Lipinski definition) is 1. The Morgan fingerprint density at radius 2 is 1.26 bits per heavy atom. The van der Waals surface area contributed by atoms with Crippen LogP contribution in [0.4, 0.5) is 4.79 Å². The predicted molar refractivity (Wildman–Crippen MR) is 104 cm³/mol. The van der Waals surface area contributed by atoms with Crippen LogP contribution in [0.5, 0.6) is 0 Å². The largest absolute Gasteiger partial charge is 0.343 e. The molecule has 132 valence electrons. The number of carbonyl (C=O) groups excluding carboxylic acids is 1. The summed E-state index contributed by atoms with van der Waals surface area (Å²) in [6.45, 7) is 5.72. The zero-order valence-corrected chi connectivity index (χ0v) is 16.2. The van der Waals surface area contributed by atoms with E-state index in [2.05, 4.69) is 13.9 Å². The van der Waals surface area contributed by atoms with Gasteiger partial charge in [0.2, 0.25) is 0 Å². The highest BCUT2D eigenvalue weighted by Gasteiger charge is 2.13. The summed E-state index contributed by atoms with van der Waals surface area (Å²) in [5, 5.41) is 0.961. The van der Waals surface area contributed by atoms with Crippen LogP contribution < -0.4 is 0 Å². The van der Waals surface area contributed by atoms with E-state index in [1.807, 2.05) is 18.7 Å². The maximum Gasteiger partial charge on any atom is 0.343 e. The lowest BCUT2D eigenvalue weighted by molar-refractivity contribution is 0.205. The predicted octanol–water partition coefficient (Wildman–Crippen LogP) is 5.90. The Morgan fingerprint density at radius 1 is 0.870 bits per heavy atom. The molecule has 2 amide bonds. The fourth-order valence-electron chi connectivity index (χ4n) is 3.11. The van der Waals surface area contributed by atoms with Gasteiger partial charge in [0.05, 0.1) is 5.71 Å². The molecule has 0 bridgehead atoms. The van der Waals surface area contributed by atoms with Crippen molar-refractivity contribution in [2.45, 2.75) is 90.9 Å². The Bertz CT molecular complexity index is 379. The van der Waals surface area contributed by atoms with Crippen molar-refractivity contribution >= 4 is 25.9 Å². The smallest absolute Gasteiger partial charge is 0.323 e. The van der Waals surface area contributed by atoms with Crippen molar-refractivity contribution in [1.82, 2.24) is 4.90 Å². The lowest BCUT2D eigenvalue weighted by Crippen LogP contribution is -2.31. The van der Waals surface area contributed by atoms with Crippen LogP contribution in [0.25, 0.3) is 0 Å². The van der Waals surface area contributed by atoms with Gasteiger partial charge >= 0.3 is 6.03 Å². The van der Waals surface area contributed by atoms with Crippen LogP contribution in [0, 0.1) is 0 Å². The standard InChI is InChI=1S/C19H35N2OP/c1-3-18(17(2)23)20-19(22)21-15-13-11-9-7-5-4-6-8-10-12-14-16-21/h23H,3-16H2,1-2H3/b20-18+. The van der Waals surface area contributed by atoms with Gasteiger partial charge < -0.3 is 4.90 Å². The Morgan fingerprint density at radius 3 is 1.61 bits per heavy atom. The fourth-order valence-corrected chi connectivity index (χ4v) is 3.35. The van der Waals surface area contributed by atoms with Crippen LogP contribution in [-0.2, 0) is 0 Å². The molecule has 0 aliphatic carbocycles. The molecule has 0 aromatic rings. The van der Waals surface area contributed by atoms with Crippen molar-refractivity contribution in [2.24, 2.45) is 4.99 Å². The summed E-state index contributed by atoms with van der Waals surface area (Å²) < 4.78 is 0. The molecular weight excluding hydrogens is 303 g/mol. The van der Waals surface area contributed by atoms with Crippen LogP contribution in [0.15, 0.2) is 4.99 Å². The van der Waals surface area contributed by atoms with Gasteiger partial charge in [-0.1, -0.05) is 64.7 Å². The van der Waals surface area contributed by atoms with Gasteiger partial charge in [0, 0.05) is 13.1 Å². The number of urea groups is 1. The third-order valence-electron chi connectivity index (χ3n) is 4.62. The van der Waals surface area contributed by atoms with E-state index in [0.29, 0.717) is 0 Å². The van der Waals surface area contributed by atoms with E-state index >= 15 is 0 Å². The molecule has 0 spiro atoms. The molecule has 1 rings (SSSR count). The molecule has 23 heavy (non-hydrogen) atoms. The maximum absolute atomic E-state index is 12.5. The molecule has 1 fully saturated rings. The Kier molecular flexibility index (Phi) is 11.2. The summed E-state index contributed by atoms with van der Waals surface area (Å²) in [5.74, 6) is 0. The van der Waals surface area contributed by atoms with Crippen LogP contribution >= 0.6 is 8.86 Å². The lowest BCUT2D eigenvalue weighted by atomic mass is 10.0. The van der Waals surface area contributed by atoms with Crippen LogP contribution in [-0.4, -0.2) is 35.0 Å². The molecule has 4 heteroatoms. The van der Waals surface area contributed by atoms with Gasteiger partial charge in [-0.3, -0.25) is 0 Å². The summed E-state index contributed by atoms with van der Waals surface area (Å²) in [6, 6.07) is -0.0495. The van der Waals surface area contributed by atoms with Gasteiger partial charge in [0.1, 0.15) is 0 Å². The Hall–Kier alpha value is -0.690. The first kappa shape index (κ1) is 20.4. The second kappa shape index (κ2) is 12.7. The summed E-state index contributed by atoms with van der Waals surface area (Å²) in [6.07, 6.45) is 15.0. The minimum absolute atomic E-state index is 0.0495. The van der Waals surface area contributed by atoms with Crippen LogP contribution in [0.3, 0.4) is 0 Å². The molecule has 3 nitrogen and oxygen atoms in total. The van der Waals surface area contributed by atoms with E-state index in [1.165, 1.54) is 57.8 Å². The second-order valence-corrected chi connectivity index (χ2v) is 7.45. The zero-order valence-electron chi connectivity index (χ0n) is 15.2. The maximum atomic E-state index is 12.5. The highest BCUT2D eigenvalue weighted by molar-refractivity contribution is 7.25.